The van der Waals surface area contributed by atoms with E-state index in [1.54, 1.807) is 35.8 Å². The topological polar surface area (TPSA) is 76.3 Å². The molecular formula is C25H21ClN4O2S. The van der Waals surface area contributed by atoms with Crippen molar-refractivity contribution in [2.75, 3.05) is 5.75 Å². The summed E-state index contributed by atoms with van der Waals surface area (Å²) in [5.41, 5.74) is 6.17. The molecular weight excluding hydrogens is 456 g/mol. The van der Waals surface area contributed by atoms with E-state index in [-0.39, 0.29) is 17.2 Å². The molecule has 0 aliphatic rings. The molecule has 0 saturated heterocycles. The quantitative estimate of drug-likeness (QED) is 0.184. The number of para-hydroxylation sites is 2. The van der Waals surface area contributed by atoms with Gasteiger partial charge in [-0.15, -0.1) is 0 Å². The Morgan fingerprint density at radius 1 is 1.06 bits per heavy atom. The van der Waals surface area contributed by atoms with Crippen molar-refractivity contribution in [2.45, 2.75) is 19.0 Å². The maximum Gasteiger partial charge on any atom is 0.266 e. The van der Waals surface area contributed by atoms with Gasteiger partial charge in [0.1, 0.15) is 0 Å². The van der Waals surface area contributed by atoms with Gasteiger partial charge in [0.15, 0.2) is 5.16 Å². The molecule has 6 nitrogen and oxygen atoms in total. The van der Waals surface area contributed by atoms with E-state index in [9.17, 15) is 9.59 Å². The van der Waals surface area contributed by atoms with Crippen LogP contribution < -0.4 is 11.0 Å². The third-order valence-electron chi connectivity index (χ3n) is 5.04. The molecule has 8 heteroatoms. The van der Waals surface area contributed by atoms with E-state index in [4.69, 9.17) is 11.6 Å². The maximum atomic E-state index is 13.3. The number of carbonyl (C=O) groups is 1. The number of aryl methyl sites for hydroxylation is 1. The van der Waals surface area contributed by atoms with Crippen molar-refractivity contribution in [2.24, 2.45) is 5.10 Å². The first-order valence-corrected chi connectivity index (χ1v) is 11.6. The van der Waals surface area contributed by atoms with Crippen LogP contribution in [0.2, 0.25) is 5.02 Å². The number of hydrazone groups is 1. The molecule has 0 spiro atoms. The molecule has 3 aromatic carbocycles. The first kappa shape index (κ1) is 22.8. The van der Waals surface area contributed by atoms with Gasteiger partial charge in [-0.1, -0.05) is 65.8 Å². The number of amides is 1. The number of rotatable bonds is 6. The molecule has 166 valence electrons. The molecule has 1 amide bonds. The number of benzene rings is 3. The third kappa shape index (κ3) is 5.16. The zero-order chi connectivity index (χ0) is 23.4. The number of thioether (sulfide) groups is 1. The summed E-state index contributed by atoms with van der Waals surface area (Å²) in [5.74, 6) is -0.249. The molecule has 4 rings (SSSR count). The molecule has 33 heavy (non-hydrogen) atoms. The van der Waals surface area contributed by atoms with Crippen LogP contribution in [0.5, 0.6) is 0 Å². The van der Waals surface area contributed by atoms with Crippen LogP contribution in [0.15, 0.2) is 87.8 Å². The SMILES string of the molecule is C/C(=N\NC(=O)CSc1nc2ccccc2c(=O)n1-c1ccccc1C)c1ccc(Cl)cc1. The lowest BCUT2D eigenvalue weighted by atomic mass is 10.1. The smallest absolute Gasteiger partial charge is 0.266 e. The van der Waals surface area contributed by atoms with Crippen molar-refractivity contribution >= 4 is 45.9 Å². The van der Waals surface area contributed by atoms with Crippen molar-refractivity contribution < 1.29 is 4.79 Å². The summed E-state index contributed by atoms with van der Waals surface area (Å²) in [4.78, 5) is 30.5. The number of halogens is 1. The highest BCUT2D eigenvalue weighted by molar-refractivity contribution is 7.99. The van der Waals surface area contributed by atoms with Gasteiger partial charge in [-0.25, -0.2) is 10.4 Å². The first-order chi connectivity index (χ1) is 15.9. The maximum absolute atomic E-state index is 13.3. The Morgan fingerprint density at radius 2 is 1.76 bits per heavy atom. The fourth-order valence-corrected chi connectivity index (χ4v) is 4.22. The van der Waals surface area contributed by atoms with E-state index in [0.717, 1.165) is 16.8 Å². The van der Waals surface area contributed by atoms with Crippen LogP contribution in [-0.2, 0) is 4.79 Å². The second kappa shape index (κ2) is 10.0. The first-order valence-electron chi connectivity index (χ1n) is 10.2. The zero-order valence-electron chi connectivity index (χ0n) is 18.1. The normalized spacial score (nSPS) is 11.5. The molecule has 0 fully saturated rings. The Kier molecular flexibility index (Phi) is 6.91. The average molecular weight is 477 g/mol. The number of hydrogen-bond acceptors (Lipinski definition) is 5. The van der Waals surface area contributed by atoms with Gasteiger partial charge in [-0.3, -0.25) is 14.2 Å². The monoisotopic (exact) mass is 476 g/mol. The highest BCUT2D eigenvalue weighted by Gasteiger charge is 2.16. The van der Waals surface area contributed by atoms with E-state index in [1.165, 1.54) is 11.8 Å². The molecule has 1 aromatic heterocycles. The lowest BCUT2D eigenvalue weighted by Gasteiger charge is -2.14. The summed E-state index contributed by atoms with van der Waals surface area (Å²) in [6.07, 6.45) is 0. The van der Waals surface area contributed by atoms with Crippen LogP contribution in [0.3, 0.4) is 0 Å². The van der Waals surface area contributed by atoms with Gasteiger partial charge >= 0.3 is 0 Å². The highest BCUT2D eigenvalue weighted by Crippen LogP contribution is 2.23. The highest BCUT2D eigenvalue weighted by atomic mass is 35.5. The van der Waals surface area contributed by atoms with Crippen molar-refractivity contribution in [1.82, 2.24) is 15.0 Å². The predicted molar refractivity (Wildman–Crippen MR) is 135 cm³/mol. The fraction of sp³-hybridized carbons (Fsp3) is 0.120. The lowest BCUT2D eigenvalue weighted by Crippen LogP contribution is -2.25. The Bertz CT molecular complexity index is 1410. The van der Waals surface area contributed by atoms with Gasteiger partial charge in [-0.2, -0.15) is 5.10 Å². The standard InChI is InChI=1S/C25H21ClN4O2S/c1-16-7-3-6-10-22(16)30-24(32)20-8-4-5-9-21(20)27-25(30)33-15-23(31)29-28-17(2)18-11-13-19(26)14-12-18/h3-14H,15H2,1-2H3,(H,29,31)/b28-17+. The average Bonchev–Trinajstić information content (AvgIpc) is 2.82. The van der Waals surface area contributed by atoms with Crippen LogP contribution in [-0.4, -0.2) is 26.9 Å². The molecule has 0 atom stereocenters. The molecule has 1 N–H and O–H groups in total. The summed E-state index contributed by atoms with van der Waals surface area (Å²) in [6, 6.07) is 22.0. The van der Waals surface area contributed by atoms with E-state index in [2.05, 4.69) is 15.5 Å². The van der Waals surface area contributed by atoms with Crippen molar-refractivity contribution in [3.05, 3.63) is 99.3 Å². The van der Waals surface area contributed by atoms with Crippen LogP contribution in [0.25, 0.3) is 16.6 Å². The minimum absolute atomic E-state index is 0.0497. The second-order valence-electron chi connectivity index (χ2n) is 7.37. The Hall–Kier alpha value is -3.42. The van der Waals surface area contributed by atoms with Gasteiger partial charge in [0.25, 0.3) is 11.5 Å². The van der Waals surface area contributed by atoms with Crippen LogP contribution in [0.1, 0.15) is 18.1 Å². The summed E-state index contributed by atoms with van der Waals surface area (Å²) >= 11 is 7.11. The molecule has 0 radical (unpaired) electrons. The summed E-state index contributed by atoms with van der Waals surface area (Å²) < 4.78 is 1.57. The van der Waals surface area contributed by atoms with Crippen molar-refractivity contribution in [1.29, 1.82) is 0 Å². The molecule has 0 saturated carbocycles. The fourth-order valence-electron chi connectivity index (χ4n) is 3.30. The van der Waals surface area contributed by atoms with Crippen LogP contribution in [0.4, 0.5) is 0 Å². The third-order valence-corrected chi connectivity index (χ3v) is 6.23. The summed E-state index contributed by atoms with van der Waals surface area (Å²) in [6.45, 7) is 3.74. The van der Waals surface area contributed by atoms with Crippen LogP contribution in [0, 0.1) is 6.92 Å². The number of nitrogens with one attached hydrogen (secondary N) is 1. The van der Waals surface area contributed by atoms with E-state index >= 15 is 0 Å². The largest absolute Gasteiger partial charge is 0.272 e. The molecule has 0 aliphatic carbocycles. The van der Waals surface area contributed by atoms with Gasteiger partial charge in [0.05, 0.1) is 28.1 Å². The van der Waals surface area contributed by atoms with E-state index < -0.39 is 0 Å². The number of carbonyl (C=O) groups excluding carboxylic acids is 1. The Labute approximate surface area is 200 Å². The van der Waals surface area contributed by atoms with Gasteiger partial charge in [0, 0.05) is 5.02 Å². The number of aromatic nitrogens is 2. The van der Waals surface area contributed by atoms with Gasteiger partial charge in [-0.05, 0) is 55.3 Å². The van der Waals surface area contributed by atoms with Gasteiger partial charge < -0.3 is 0 Å². The Balaban J connectivity index is 1.59. The van der Waals surface area contributed by atoms with Crippen LogP contribution >= 0.6 is 23.4 Å². The number of nitrogens with zero attached hydrogens (tertiary/aromatic N) is 3. The molecule has 0 aliphatic heterocycles. The summed E-state index contributed by atoms with van der Waals surface area (Å²) in [7, 11) is 0. The van der Waals surface area contributed by atoms with E-state index in [1.807, 2.05) is 55.5 Å². The number of hydrogen-bond donors (Lipinski definition) is 1. The summed E-state index contributed by atoms with van der Waals surface area (Å²) in [5, 5.41) is 5.78. The van der Waals surface area contributed by atoms with Crippen molar-refractivity contribution in [3.8, 4) is 5.69 Å². The van der Waals surface area contributed by atoms with E-state index in [0.29, 0.717) is 26.8 Å². The molecule has 4 aromatic rings. The van der Waals surface area contributed by atoms with Gasteiger partial charge in [0.2, 0.25) is 0 Å². The molecule has 1 heterocycles. The molecule has 0 bridgehead atoms. The second-order valence-corrected chi connectivity index (χ2v) is 8.75. The van der Waals surface area contributed by atoms with Crippen molar-refractivity contribution in [3.63, 3.8) is 0 Å². The predicted octanol–water partition coefficient (Wildman–Crippen LogP) is 4.98. The lowest BCUT2D eigenvalue weighted by molar-refractivity contribution is -0.118. The Morgan fingerprint density at radius 3 is 2.52 bits per heavy atom. The number of fused-ring (bicyclic) bond motifs is 1. The zero-order valence-corrected chi connectivity index (χ0v) is 19.7. The minimum atomic E-state index is -0.299. The molecule has 0 unspecified atom stereocenters. The minimum Gasteiger partial charge on any atom is -0.272 e.